The van der Waals surface area contributed by atoms with Crippen LogP contribution in [0.15, 0.2) is 26.5 Å². The Morgan fingerprint density at radius 3 is 2.78 bits per heavy atom. The van der Waals surface area contributed by atoms with Crippen molar-refractivity contribution in [3.8, 4) is 0 Å². The normalized spacial score (nSPS) is 16.6. The summed E-state index contributed by atoms with van der Waals surface area (Å²) < 4.78 is 7.52. The summed E-state index contributed by atoms with van der Waals surface area (Å²) in [5.41, 5.74) is 1.34. The van der Waals surface area contributed by atoms with Crippen LogP contribution < -0.4 is 5.56 Å². The number of thiophene rings is 1. The molecule has 0 aromatic carbocycles. The molecule has 1 fully saturated rings. The van der Waals surface area contributed by atoms with E-state index < -0.39 is 0 Å². The predicted molar refractivity (Wildman–Crippen MR) is 129 cm³/mol. The van der Waals surface area contributed by atoms with E-state index in [2.05, 4.69) is 0 Å². The van der Waals surface area contributed by atoms with Gasteiger partial charge in [0.25, 0.3) is 5.56 Å². The molecule has 3 aromatic rings. The minimum Gasteiger partial charge on any atom is -0.464 e. The fourth-order valence-electron chi connectivity index (χ4n) is 4.91. The predicted octanol–water partition coefficient (Wildman–Crippen LogP) is 5.10. The molecule has 1 amide bonds. The lowest BCUT2D eigenvalue weighted by atomic mass is 9.97. The van der Waals surface area contributed by atoms with Gasteiger partial charge < -0.3 is 9.32 Å². The molecule has 0 radical (unpaired) electrons. The number of amides is 1. The second kappa shape index (κ2) is 9.06. The van der Waals surface area contributed by atoms with Crippen LogP contribution in [0.2, 0.25) is 0 Å². The Morgan fingerprint density at radius 1 is 1.25 bits per heavy atom. The molecule has 0 saturated heterocycles. The van der Waals surface area contributed by atoms with Gasteiger partial charge >= 0.3 is 0 Å². The molecule has 0 spiro atoms. The lowest BCUT2D eigenvalue weighted by molar-refractivity contribution is -0.127. The van der Waals surface area contributed by atoms with Gasteiger partial charge in [-0.05, 0) is 63.1 Å². The molecule has 0 aliphatic heterocycles. The summed E-state index contributed by atoms with van der Waals surface area (Å²) in [6.07, 6.45) is 8.69. The first kappa shape index (κ1) is 21.8. The number of aromatic nitrogens is 2. The molecule has 0 N–H and O–H groups in total. The number of hydrogen-bond donors (Lipinski definition) is 0. The van der Waals surface area contributed by atoms with Crippen molar-refractivity contribution in [1.29, 1.82) is 0 Å². The van der Waals surface area contributed by atoms with Crippen molar-refractivity contribution in [3.05, 3.63) is 44.4 Å². The van der Waals surface area contributed by atoms with Gasteiger partial charge in [0.05, 0.1) is 17.7 Å². The summed E-state index contributed by atoms with van der Waals surface area (Å²) in [6, 6.07) is 4.00. The summed E-state index contributed by atoms with van der Waals surface area (Å²) in [7, 11) is 1.79. The van der Waals surface area contributed by atoms with Gasteiger partial charge in [-0.25, -0.2) is 4.98 Å². The van der Waals surface area contributed by atoms with Crippen LogP contribution in [0.1, 0.15) is 66.5 Å². The lowest BCUT2D eigenvalue weighted by Crippen LogP contribution is -2.29. The Balaban J connectivity index is 1.42. The molecule has 0 unspecified atom stereocenters. The highest BCUT2D eigenvalue weighted by Crippen LogP contribution is 2.37. The molecule has 32 heavy (non-hydrogen) atoms. The zero-order valence-electron chi connectivity index (χ0n) is 18.7. The van der Waals surface area contributed by atoms with E-state index in [-0.39, 0.29) is 23.3 Å². The topological polar surface area (TPSA) is 68.3 Å². The SMILES string of the molecule is Cc1ccc(CN(C)C(=O)CSc2nc3sc4c(c3c(=O)n2C2CCCC2)CCCC4)o1. The molecule has 8 heteroatoms. The highest BCUT2D eigenvalue weighted by atomic mass is 32.2. The number of aryl methyl sites for hydroxylation is 3. The molecule has 2 aliphatic carbocycles. The zero-order chi connectivity index (χ0) is 22.2. The smallest absolute Gasteiger partial charge is 0.263 e. The van der Waals surface area contributed by atoms with Gasteiger partial charge in [-0.2, -0.15) is 0 Å². The summed E-state index contributed by atoms with van der Waals surface area (Å²) in [6.45, 7) is 2.33. The number of carbonyl (C=O) groups is 1. The van der Waals surface area contributed by atoms with E-state index in [1.165, 1.54) is 28.6 Å². The first-order valence-corrected chi connectivity index (χ1v) is 13.3. The molecule has 0 bridgehead atoms. The van der Waals surface area contributed by atoms with E-state index in [1.807, 2.05) is 23.6 Å². The standard InChI is InChI=1S/C24H29N3O3S2/c1-15-11-12-17(30-15)13-26(2)20(28)14-31-24-25-22-21(18-9-5-6-10-19(18)32-22)23(29)27(24)16-7-3-4-8-16/h11-12,16H,3-10,13-14H2,1-2H3. The molecule has 2 aliphatic rings. The van der Waals surface area contributed by atoms with Gasteiger partial charge in [0, 0.05) is 18.0 Å². The number of nitrogens with zero attached hydrogens (tertiary/aromatic N) is 3. The maximum absolute atomic E-state index is 13.7. The monoisotopic (exact) mass is 471 g/mol. The van der Waals surface area contributed by atoms with E-state index in [0.717, 1.165) is 66.7 Å². The summed E-state index contributed by atoms with van der Waals surface area (Å²) in [5.74, 6) is 1.87. The number of carbonyl (C=O) groups excluding carboxylic acids is 1. The fraction of sp³-hybridized carbons (Fsp3) is 0.542. The van der Waals surface area contributed by atoms with E-state index in [4.69, 9.17) is 9.40 Å². The Labute approximate surface area is 196 Å². The number of rotatable bonds is 6. The fourth-order valence-corrected chi connectivity index (χ4v) is 7.22. The first-order valence-electron chi connectivity index (χ1n) is 11.5. The number of thioether (sulfide) groups is 1. The zero-order valence-corrected chi connectivity index (χ0v) is 20.3. The molecule has 6 nitrogen and oxygen atoms in total. The van der Waals surface area contributed by atoms with Crippen LogP contribution in [0.3, 0.4) is 0 Å². The average Bonchev–Trinajstić information content (AvgIpc) is 3.51. The van der Waals surface area contributed by atoms with Crippen LogP contribution in [-0.2, 0) is 24.2 Å². The van der Waals surface area contributed by atoms with Crippen LogP contribution >= 0.6 is 23.1 Å². The second-order valence-corrected chi connectivity index (χ2v) is 11.0. The quantitative estimate of drug-likeness (QED) is 0.369. The van der Waals surface area contributed by atoms with Crippen molar-refractivity contribution in [3.63, 3.8) is 0 Å². The van der Waals surface area contributed by atoms with E-state index in [0.29, 0.717) is 11.7 Å². The van der Waals surface area contributed by atoms with Crippen LogP contribution in [0.5, 0.6) is 0 Å². The Hall–Kier alpha value is -2.06. The molecular weight excluding hydrogens is 442 g/mol. The van der Waals surface area contributed by atoms with Crippen LogP contribution in [0.25, 0.3) is 10.2 Å². The Morgan fingerprint density at radius 2 is 2.03 bits per heavy atom. The van der Waals surface area contributed by atoms with Crippen molar-refractivity contribution in [2.45, 2.75) is 76.0 Å². The third-order valence-electron chi connectivity index (χ3n) is 6.62. The summed E-state index contributed by atoms with van der Waals surface area (Å²) >= 11 is 3.08. The van der Waals surface area contributed by atoms with E-state index >= 15 is 0 Å². The molecule has 3 aromatic heterocycles. The maximum atomic E-state index is 13.7. The largest absolute Gasteiger partial charge is 0.464 e. The van der Waals surface area contributed by atoms with Crippen molar-refractivity contribution in [2.24, 2.45) is 0 Å². The van der Waals surface area contributed by atoms with Gasteiger partial charge in [0.1, 0.15) is 16.4 Å². The van der Waals surface area contributed by atoms with Crippen molar-refractivity contribution in [2.75, 3.05) is 12.8 Å². The number of furan rings is 1. The van der Waals surface area contributed by atoms with Gasteiger partial charge in [-0.15, -0.1) is 11.3 Å². The van der Waals surface area contributed by atoms with Crippen molar-refractivity contribution in [1.82, 2.24) is 14.5 Å². The highest BCUT2D eigenvalue weighted by Gasteiger charge is 2.27. The molecule has 5 rings (SSSR count). The van der Waals surface area contributed by atoms with Gasteiger partial charge in [-0.1, -0.05) is 24.6 Å². The Bertz CT molecular complexity index is 1200. The minimum absolute atomic E-state index is 0.00171. The molecule has 0 atom stereocenters. The van der Waals surface area contributed by atoms with Gasteiger partial charge in [0.15, 0.2) is 5.16 Å². The van der Waals surface area contributed by atoms with Crippen LogP contribution in [-0.4, -0.2) is 33.2 Å². The third-order valence-corrected chi connectivity index (χ3v) is 8.74. The van der Waals surface area contributed by atoms with E-state index in [9.17, 15) is 9.59 Å². The first-order chi connectivity index (χ1) is 15.5. The highest BCUT2D eigenvalue weighted by molar-refractivity contribution is 7.99. The molecule has 170 valence electrons. The maximum Gasteiger partial charge on any atom is 0.263 e. The van der Waals surface area contributed by atoms with Gasteiger partial charge in [0.2, 0.25) is 5.91 Å². The summed E-state index contributed by atoms with van der Waals surface area (Å²) in [5, 5.41) is 1.54. The summed E-state index contributed by atoms with van der Waals surface area (Å²) in [4.78, 5) is 35.3. The van der Waals surface area contributed by atoms with Crippen molar-refractivity contribution >= 4 is 39.2 Å². The number of fused-ring (bicyclic) bond motifs is 3. The second-order valence-electron chi connectivity index (χ2n) is 8.95. The molecular formula is C24H29N3O3S2. The lowest BCUT2D eigenvalue weighted by Gasteiger charge is -2.19. The van der Waals surface area contributed by atoms with E-state index in [1.54, 1.807) is 23.3 Å². The van der Waals surface area contributed by atoms with Crippen molar-refractivity contribution < 1.29 is 9.21 Å². The Kier molecular flexibility index (Phi) is 6.16. The van der Waals surface area contributed by atoms with Crippen LogP contribution in [0, 0.1) is 6.92 Å². The van der Waals surface area contributed by atoms with Crippen LogP contribution in [0.4, 0.5) is 0 Å². The molecule has 3 heterocycles. The molecule has 1 saturated carbocycles. The average molecular weight is 472 g/mol. The third kappa shape index (κ3) is 4.15. The van der Waals surface area contributed by atoms with Gasteiger partial charge in [-0.3, -0.25) is 14.2 Å². The minimum atomic E-state index is 0.00171. The number of hydrogen-bond acceptors (Lipinski definition) is 6.